The molecule has 1 aromatic carbocycles. The van der Waals surface area contributed by atoms with E-state index in [2.05, 4.69) is 36.8 Å². The molecule has 0 saturated carbocycles. The van der Waals surface area contributed by atoms with Crippen LogP contribution in [0.1, 0.15) is 135 Å². The molecule has 0 aliphatic carbocycles. The van der Waals surface area contributed by atoms with E-state index in [-0.39, 0.29) is 4.90 Å². The molecule has 0 unspecified atom stereocenters. The van der Waals surface area contributed by atoms with Gasteiger partial charge in [-0.2, -0.15) is 0 Å². The van der Waals surface area contributed by atoms with Crippen LogP contribution in [0.5, 0.6) is 0 Å². The van der Waals surface area contributed by atoms with E-state index in [9.17, 15) is 13.0 Å². The molecule has 6 heteroatoms. The SMILES string of the molecule is CCCCCCCCCCC[N+](C)(CCBr)CCCCCCCCCCC.Cc1ccc(S(=O)(=O)[O-])cc1. The predicted molar refractivity (Wildman–Crippen MR) is 168 cm³/mol. The Balaban J connectivity index is 0.00000103. The van der Waals surface area contributed by atoms with Crippen molar-refractivity contribution < 1.29 is 17.5 Å². The summed E-state index contributed by atoms with van der Waals surface area (Å²) in [4.78, 5) is -0.178. The van der Waals surface area contributed by atoms with Gasteiger partial charge >= 0.3 is 0 Å². The van der Waals surface area contributed by atoms with Crippen LogP contribution in [0.25, 0.3) is 0 Å². The second-order valence-electron chi connectivity index (χ2n) is 11.4. The smallest absolute Gasteiger partial charge is 0.124 e. The summed E-state index contributed by atoms with van der Waals surface area (Å²) in [5.74, 6) is 0. The van der Waals surface area contributed by atoms with Crippen LogP contribution in [-0.4, -0.2) is 49.5 Å². The number of aryl methyl sites for hydroxylation is 1. The van der Waals surface area contributed by atoms with Crippen molar-refractivity contribution in [1.82, 2.24) is 0 Å². The zero-order valence-corrected chi connectivity index (χ0v) is 27.7. The lowest BCUT2D eigenvalue weighted by atomic mass is 10.1. The molecule has 0 saturated heterocycles. The molecular weight excluding hydrogens is 558 g/mol. The molecule has 0 aliphatic heterocycles. The van der Waals surface area contributed by atoms with E-state index in [1.165, 1.54) is 152 Å². The highest BCUT2D eigenvalue weighted by Crippen LogP contribution is 2.15. The number of quaternary nitrogens is 1. The summed E-state index contributed by atoms with van der Waals surface area (Å²) in [5.41, 5.74) is 0.928. The Labute approximate surface area is 245 Å². The predicted octanol–water partition coefficient (Wildman–Crippen LogP) is 9.79. The van der Waals surface area contributed by atoms with Crippen LogP contribution >= 0.6 is 15.9 Å². The summed E-state index contributed by atoms with van der Waals surface area (Å²) in [6.45, 7) is 10.5. The molecule has 0 N–H and O–H groups in total. The maximum Gasteiger partial charge on any atom is 0.124 e. The lowest BCUT2D eigenvalue weighted by Gasteiger charge is -2.34. The van der Waals surface area contributed by atoms with Crippen molar-refractivity contribution >= 4 is 26.0 Å². The minimum Gasteiger partial charge on any atom is -0.744 e. The van der Waals surface area contributed by atoms with Gasteiger partial charge in [0.15, 0.2) is 0 Å². The number of halogens is 1. The lowest BCUT2D eigenvalue weighted by Crippen LogP contribution is -2.46. The molecule has 38 heavy (non-hydrogen) atoms. The Morgan fingerprint density at radius 1 is 0.632 bits per heavy atom. The molecule has 0 spiro atoms. The molecular formula is C32H60BrNO3S. The summed E-state index contributed by atoms with van der Waals surface area (Å²) >= 11 is 3.70. The third kappa shape index (κ3) is 22.4. The first-order chi connectivity index (χ1) is 18.2. The standard InChI is InChI=1S/C25H53BrN.C7H8O3S/c1-4-6-8-10-12-14-16-18-20-23-27(3,25-22-26)24-21-19-17-15-13-11-9-7-5-2;1-6-2-4-7(5-3-6)11(8,9)10/h4-25H2,1-3H3;2-5H,1H3,(H,8,9,10)/q+1;/p-1. The van der Waals surface area contributed by atoms with Crippen molar-refractivity contribution in [2.24, 2.45) is 0 Å². The van der Waals surface area contributed by atoms with Crippen molar-refractivity contribution in [3.8, 4) is 0 Å². The number of hydrogen-bond acceptors (Lipinski definition) is 3. The van der Waals surface area contributed by atoms with Crippen molar-refractivity contribution in [3.05, 3.63) is 29.8 Å². The Kier molecular flexibility index (Phi) is 24.1. The average molecular weight is 619 g/mol. The highest BCUT2D eigenvalue weighted by atomic mass is 79.9. The number of alkyl halides is 1. The van der Waals surface area contributed by atoms with Crippen LogP contribution < -0.4 is 0 Å². The fraction of sp³-hybridized carbons (Fsp3) is 0.812. The molecule has 0 aliphatic rings. The van der Waals surface area contributed by atoms with E-state index < -0.39 is 10.1 Å². The van der Waals surface area contributed by atoms with Crippen molar-refractivity contribution in [1.29, 1.82) is 0 Å². The maximum atomic E-state index is 10.4. The van der Waals surface area contributed by atoms with E-state index in [0.29, 0.717) is 0 Å². The first kappa shape index (κ1) is 37.6. The molecule has 1 rings (SSSR count). The van der Waals surface area contributed by atoms with Gasteiger partial charge in [-0.1, -0.05) is 137 Å². The number of hydrogen-bond donors (Lipinski definition) is 0. The largest absolute Gasteiger partial charge is 0.744 e. The van der Waals surface area contributed by atoms with Gasteiger partial charge in [0.05, 0.1) is 36.9 Å². The molecule has 0 bridgehead atoms. The van der Waals surface area contributed by atoms with Gasteiger partial charge in [0, 0.05) is 0 Å². The topological polar surface area (TPSA) is 57.2 Å². The van der Waals surface area contributed by atoms with Crippen LogP contribution in [-0.2, 0) is 10.1 Å². The first-order valence-electron chi connectivity index (χ1n) is 15.6. The second-order valence-corrected chi connectivity index (χ2v) is 13.6. The molecule has 0 atom stereocenters. The molecule has 0 fully saturated rings. The lowest BCUT2D eigenvalue weighted by molar-refractivity contribution is -0.907. The molecule has 4 nitrogen and oxygen atoms in total. The Morgan fingerprint density at radius 3 is 1.29 bits per heavy atom. The van der Waals surface area contributed by atoms with Crippen LogP contribution in [0.2, 0.25) is 0 Å². The van der Waals surface area contributed by atoms with E-state index in [0.717, 1.165) is 10.9 Å². The van der Waals surface area contributed by atoms with E-state index >= 15 is 0 Å². The summed E-state index contributed by atoms with van der Waals surface area (Å²) < 4.78 is 32.5. The average Bonchev–Trinajstić information content (AvgIpc) is 2.87. The van der Waals surface area contributed by atoms with Crippen LogP contribution in [0.4, 0.5) is 0 Å². The van der Waals surface area contributed by atoms with Crippen LogP contribution in [0.3, 0.4) is 0 Å². The van der Waals surface area contributed by atoms with Gasteiger partial charge in [-0.15, -0.1) is 0 Å². The highest BCUT2D eigenvalue weighted by Gasteiger charge is 2.19. The van der Waals surface area contributed by atoms with Crippen LogP contribution in [0, 0.1) is 6.92 Å². The van der Waals surface area contributed by atoms with Crippen molar-refractivity contribution in [2.45, 2.75) is 141 Å². The van der Waals surface area contributed by atoms with E-state index in [1.807, 2.05) is 6.92 Å². The molecule has 224 valence electrons. The Morgan fingerprint density at radius 2 is 0.974 bits per heavy atom. The first-order valence-corrected chi connectivity index (χ1v) is 18.1. The van der Waals surface area contributed by atoms with Gasteiger partial charge in [0.1, 0.15) is 10.1 Å². The normalized spacial score (nSPS) is 11.8. The van der Waals surface area contributed by atoms with Crippen molar-refractivity contribution in [2.75, 3.05) is 32.0 Å². The fourth-order valence-corrected chi connectivity index (χ4v) is 6.18. The second kappa shape index (κ2) is 24.4. The zero-order chi connectivity index (χ0) is 28.5. The van der Waals surface area contributed by atoms with E-state index in [4.69, 9.17) is 0 Å². The maximum absolute atomic E-state index is 10.4. The van der Waals surface area contributed by atoms with Gasteiger partial charge in [0.25, 0.3) is 0 Å². The zero-order valence-electron chi connectivity index (χ0n) is 25.3. The molecule has 0 heterocycles. The molecule has 0 aromatic heterocycles. The van der Waals surface area contributed by atoms with E-state index in [1.54, 1.807) is 12.1 Å². The number of unbranched alkanes of at least 4 members (excludes halogenated alkanes) is 16. The van der Waals surface area contributed by atoms with Gasteiger partial charge < -0.3 is 9.04 Å². The van der Waals surface area contributed by atoms with Gasteiger partial charge in [-0.05, 0) is 44.7 Å². The number of benzene rings is 1. The van der Waals surface area contributed by atoms with Gasteiger partial charge in [-0.3, -0.25) is 0 Å². The fourth-order valence-electron chi connectivity index (χ4n) is 4.85. The summed E-state index contributed by atoms with van der Waals surface area (Å²) in [6, 6.07) is 5.78. The minimum absolute atomic E-state index is 0.178. The summed E-state index contributed by atoms with van der Waals surface area (Å²) in [6.07, 6.45) is 25.9. The van der Waals surface area contributed by atoms with Gasteiger partial charge in [-0.25, -0.2) is 8.42 Å². The Hall–Kier alpha value is -0.430. The molecule has 0 amide bonds. The quantitative estimate of drug-likeness (QED) is 0.0531. The third-order valence-electron chi connectivity index (χ3n) is 7.54. The summed E-state index contributed by atoms with van der Waals surface area (Å²) in [5, 5.41) is 1.15. The van der Waals surface area contributed by atoms with Crippen LogP contribution in [0.15, 0.2) is 29.2 Å². The number of rotatable bonds is 23. The van der Waals surface area contributed by atoms with Crippen molar-refractivity contribution in [3.63, 3.8) is 0 Å². The minimum atomic E-state index is -4.27. The number of nitrogens with zero attached hydrogens (tertiary/aromatic N) is 1. The van der Waals surface area contributed by atoms with Gasteiger partial charge in [0.2, 0.25) is 0 Å². The third-order valence-corrected chi connectivity index (χ3v) is 8.74. The molecule has 1 aromatic rings. The monoisotopic (exact) mass is 617 g/mol. The Bertz CT molecular complexity index is 730. The highest BCUT2D eigenvalue weighted by molar-refractivity contribution is 9.09. The molecule has 0 radical (unpaired) electrons. The summed E-state index contributed by atoms with van der Waals surface area (Å²) in [7, 11) is -1.77.